The second kappa shape index (κ2) is 5.70. The third kappa shape index (κ3) is 3.22. The highest BCUT2D eigenvalue weighted by atomic mass is 32.1. The van der Waals surface area contributed by atoms with Gasteiger partial charge in [0.05, 0.1) is 7.11 Å². The van der Waals surface area contributed by atoms with Crippen molar-refractivity contribution in [2.45, 2.75) is 6.10 Å². The maximum atomic E-state index is 9.83. The van der Waals surface area contributed by atoms with E-state index < -0.39 is 6.10 Å². The van der Waals surface area contributed by atoms with Crippen molar-refractivity contribution in [3.63, 3.8) is 0 Å². The number of rotatable bonds is 5. The van der Waals surface area contributed by atoms with Gasteiger partial charge in [0.2, 0.25) is 0 Å². The summed E-state index contributed by atoms with van der Waals surface area (Å²) in [6.07, 6.45) is -0.572. The van der Waals surface area contributed by atoms with E-state index in [1.54, 1.807) is 7.11 Å². The molecule has 0 aliphatic rings. The highest BCUT2D eigenvalue weighted by Gasteiger charge is 2.09. The highest BCUT2D eigenvalue weighted by Crippen LogP contribution is 2.21. The van der Waals surface area contributed by atoms with Gasteiger partial charge < -0.3 is 14.6 Å². The molecule has 2 aromatic rings. The van der Waals surface area contributed by atoms with Crippen molar-refractivity contribution < 1.29 is 14.6 Å². The Kier molecular flexibility index (Phi) is 4.01. The third-order valence-electron chi connectivity index (χ3n) is 2.34. The molecule has 1 N–H and O–H groups in total. The van der Waals surface area contributed by atoms with Crippen LogP contribution >= 0.6 is 11.3 Å². The van der Waals surface area contributed by atoms with Gasteiger partial charge in [-0.15, -0.1) is 11.3 Å². The molecule has 0 aliphatic carbocycles. The molecule has 0 aliphatic heterocycles. The number of thiophene rings is 1. The maximum Gasteiger partial charge on any atom is 0.122 e. The molecule has 1 aromatic heterocycles. The van der Waals surface area contributed by atoms with Crippen molar-refractivity contribution in [1.29, 1.82) is 0 Å². The summed E-state index contributed by atoms with van der Waals surface area (Å²) >= 11 is 1.52. The zero-order valence-electron chi connectivity index (χ0n) is 9.50. The SMILES string of the molecule is COc1ccc(OCC(O)c2cccs2)cc1. The van der Waals surface area contributed by atoms with Crippen molar-refractivity contribution in [3.8, 4) is 11.5 Å². The van der Waals surface area contributed by atoms with Gasteiger partial charge in [0.25, 0.3) is 0 Å². The molecule has 4 heteroatoms. The Bertz CT molecular complexity index is 436. The number of hydrogen-bond donors (Lipinski definition) is 1. The summed E-state index contributed by atoms with van der Waals surface area (Å²) in [7, 11) is 1.62. The monoisotopic (exact) mass is 250 g/mol. The number of benzene rings is 1. The molecule has 0 fully saturated rings. The van der Waals surface area contributed by atoms with Crippen LogP contribution in [0.5, 0.6) is 11.5 Å². The molecule has 1 atom stereocenters. The molecule has 90 valence electrons. The molecule has 0 spiro atoms. The van der Waals surface area contributed by atoms with E-state index in [1.807, 2.05) is 41.8 Å². The number of methoxy groups -OCH3 is 1. The molecular weight excluding hydrogens is 236 g/mol. The molecule has 0 amide bonds. The smallest absolute Gasteiger partial charge is 0.122 e. The summed E-state index contributed by atoms with van der Waals surface area (Å²) in [5.41, 5.74) is 0. The Morgan fingerprint density at radius 3 is 2.47 bits per heavy atom. The van der Waals surface area contributed by atoms with Gasteiger partial charge in [-0.3, -0.25) is 0 Å². The van der Waals surface area contributed by atoms with Crippen LogP contribution in [0.1, 0.15) is 11.0 Å². The van der Waals surface area contributed by atoms with Crippen LogP contribution in [0.15, 0.2) is 41.8 Å². The van der Waals surface area contributed by atoms with Crippen LogP contribution in [0.2, 0.25) is 0 Å². The van der Waals surface area contributed by atoms with Crippen molar-refractivity contribution in [3.05, 3.63) is 46.7 Å². The fourth-order valence-corrected chi connectivity index (χ4v) is 2.11. The first kappa shape index (κ1) is 12.0. The van der Waals surface area contributed by atoms with Crippen molar-refractivity contribution in [2.75, 3.05) is 13.7 Å². The molecule has 1 aromatic carbocycles. The molecule has 0 bridgehead atoms. The Hall–Kier alpha value is -1.52. The molecule has 0 radical (unpaired) electrons. The summed E-state index contributed by atoms with van der Waals surface area (Å²) in [5.74, 6) is 1.51. The largest absolute Gasteiger partial charge is 0.497 e. The average molecular weight is 250 g/mol. The van der Waals surface area contributed by atoms with Gasteiger partial charge in [-0.2, -0.15) is 0 Å². The molecule has 0 saturated heterocycles. The zero-order chi connectivity index (χ0) is 12.1. The Balaban J connectivity index is 1.89. The van der Waals surface area contributed by atoms with Gasteiger partial charge in [0, 0.05) is 4.88 Å². The van der Waals surface area contributed by atoms with E-state index in [4.69, 9.17) is 9.47 Å². The lowest BCUT2D eigenvalue weighted by atomic mass is 10.3. The predicted octanol–water partition coefficient (Wildman–Crippen LogP) is 2.87. The van der Waals surface area contributed by atoms with E-state index in [-0.39, 0.29) is 6.61 Å². The maximum absolute atomic E-state index is 9.83. The minimum atomic E-state index is -0.572. The van der Waals surface area contributed by atoms with Crippen LogP contribution < -0.4 is 9.47 Å². The van der Waals surface area contributed by atoms with E-state index in [0.29, 0.717) is 0 Å². The normalized spacial score (nSPS) is 12.1. The first-order valence-corrected chi connectivity index (χ1v) is 6.16. The minimum absolute atomic E-state index is 0.257. The summed E-state index contributed by atoms with van der Waals surface area (Å²) in [4.78, 5) is 0.915. The van der Waals surface area contributed by atoms with Crippen molar-refractivity contribution >= 4 is 11.3 Å². The van der Waals surface area contributed by atoms with Gasteiger partial charge in [0.1, 0.15) is 24.2 Å². The molecule has 1 heterocycles. The Morgan fingerprint density at radius 2 is 1.88 bits per heavy atom. The second-order valence-electron chi connectivity index (χ2n) is 3.52. The lowest BCUT2D eigenvalue weighted by Gasteiger charge is -2.11. The second-order valence-corrected chi connectivity index (χ2v) is 4.50. The van der Waals surface area contributed by atoms with Gasteiger partial charge in [-0.25, -0.2) is 0 Å². The van der Waals surface area contributed by atoms with Crippen LogP contribution in [0.25, 0.3) is 0 Å². The summed E-state index contributed by atoms with van der Waals surface area (Å²) < 4.78 is 10.5. The summed E-state index contributed by atoms with van der Waals surface area (Å²) in [6.45, 7) is 0.257. The molecule has 3 nitrogen and oxygen atoms in total. The van der Waals surface area contributed by atoms with E-state index in [9.17, 15) is 5.11 Å². The Labute approximate surface area is 104 Å². The van der Waals surface area contributed by atoms with Crippen LogP contribution in [-0.4, -0.2) is 18.8 Å². The van der Waals surface area contributed by atoms with Gasteiger partial charge >= 0.3 is 0 Å². The summed E-state index contributed by atoms with van der Waals surface area (Å²) in [5, 5.41) is 11.8. The number of aliphatic hydroxyl groups excluding tert-OH is 1. The van der Waals surface area contributed by atoms with E-state index in [1.165, 1.54) is 11.3 Å². The minimum Gasteiger partial charge on any atom is -0.497 e. The number of hydrogen-bond acceptors (Lipinski definition) is 4. The average Bonchev–Trinajstić information content (AvgIpc) is 2.90. The lowest BCUT2D eigenvalue weighted by molar-refractivity contribution is 0.111. The van der Waals surface area contributed by atoms with Crippen molar-refractivity contribution in [2.24, 2.45) is 0 Å². The topological polar surface area (TPSA) is 38.7 Å². The van der Waals surface area contributed by atoms with E-state index >= 15 is 0 Å². The summed E-state index contributed by atoms with van der Waals surface area (Å²) in [6, 6.07) is 11.1. The highest BCUT2D eigenvalue weighted by molar-refractivity contribution is 7.10. The fraction of sp³-hybridized carbons (Fsp3) is 0.231. The van der Waals surface area contributed by atoms with Crippen LogP contribution in [-0.2, 0) is 0 Å². The van der Waals surface area contributed by atoms with Crippen LogP contribution in [0.4, 0.5) is 0 Å². The first-order chi connectivity index (χ1) is 8.29. The molecule has 2 rings (SSSR count). The first-order valence-electron chi connectivity index (χ1n) is 5.28. The van der Waals surface area contributed by atoms with Crippen molar-refractivity contribution in [1.82, 2.24) is 0 Å². The zero-order valence-corrected chi connectivity index (χ0v) is 10.3. The molecule has 0 saturated carbocycles. The van der Waals surface area contributed by atoms with Gasteiger partial charge in [0.15, 0.2) is 0 Å². The quantitative estimate of drug-likeness (QED) is 0.886. The Morgan fingerprint density at radius 1 is 1.18 bits per heavy atom. The van der Waals surface area contributed by atoms with Crippen LogP contribution in [0, 0.1) is 0 Å². The number of aliphatic hydroxyl groups is 1. The predicted molar refractivity (Wildman–Crippen MR) is 67.8 cm³/mol. The number of ether oxygens (including phenoxy) is 2. The van der Waals surface area contributed by atoms with E-state index in [0.717, 1.165) is 16.4 Å². The van der Waals surface area contributed by atoms with E-state index in [2.05, 4.69) is 0 Å². The third-order valence-corrected chi connectivity index (χ3v) is 3.31. The van der Waals surface area contributed by atoms with Gasteiger partial charge in [-0.1, -0.05) is 6.07 Å². The lowest BCUT2D eigenvalue weighted by Crippen LogP contribution is -2.08. The molecule has 17 heavy (non-hydrogen) atoms. The fourth-order valence-electron chi connectivity index (χ4n) is 1.41. The molecular formula is C13H14O3S. The van der Waals surface area contributed by atoms with Gasteiger partial charge in [-0.05, 0) is 35.7 Å². The standard InChI is InChI=1S/C13H14O3S/c1-15-10-4-6-11(7-5-10)16-9-12(14)13-3-2-8-17-13/h2-8,12,14H,9H2,1H3. The van der Waals surface area contributed by atoms with Crippen LogP contribution in [0.3, 0.4) is 0 Å². The molecule has 1 unspecified atom stereocenters.